The van der Waals surface area contributed by atoms with Crippen LogP contribution in [0.1, 0.15) is 25.8 Å². The van der Waals surface area contributed by atoms with Crippen molar-refractivity contribution in [2.75, 3.05) is 13.2 Å². The number of ether oxygens (including phenoxy) is 2. The predicted molar refractivity (Wildman–Crippen MR) is 89.1 cm³/mol. The quantitative estimate of drug-likeness (QED) is 0.629. The van der Waals surface area contributed by atoms with Crippen LogP contribution in [0.3, 0.4) is 0 Å². The lowest BCUT2D eigenvalue weighted by Crippen LogP contribution is -2.44. The second-order valence-corrected chi connectivity index (χ2v) is 6.34. The van der Waals surface area contributed by atoms with E-state index in [4.69, 9.17) is 9.47 Å². The van der Waals surface area contributed by atoms with Gasteiger partial charge in [-0.3, -0.25) is 4.90 Å². The molecule has 2 aliphatic rings. The van der Waals surface area contributed by atoms with Gasteiger partial charge in [-0.2, -0.15) is 0 Å². The van der Waals surface area contributed by atoms with Crippen LogP contribution in [0.4, 0.5) is 4.79 Å². The minimum atomic E-state index is -0.549. The number of esters is 1. The molecule has 1 aromatic carbocycles. The van der Waals surface area contributed by atoms with Gasteiger partial charge in [0.05, 0.1) is 6.61 Å². The number of hydrogen-bond acceptors (Lipinski definition) is 4. The lowest BCUT2D eigenvalue weighted by molar-refractivity contribution is -0.149. The Hall–Kier alpha value is -2.30. The molecule has 0 unspecified atom stereocenters. The summed E-state index contributed by atoms with van der Waals surface area (Å²) in [5, 5.41) is 0. The lowest BCUT2D eigenvalue weighted by atomic mass is 9.90. The van der Waals surface area contributed by atoms with Crippen LogP contribution in [0, 0.1) is 11.8 Å². The second-order valence-electron chi connectivity index (χ2n) is 6.34. The van der Waals surface area contributed by atoms with Gasteiger partial charge in [0.1, 0.15) is 12.6 Å². The van der Waals surface area contributed by atoms with Crippen molar-refractivity contribution in [3.8, 4) is 0 Å². The van der Waals surface area contributed by atoms with Crippen LogP contribution in [0.5, 0.6) is 0 Å². The van der Waals surface area contributed by atoms with Gasteiger partial charge in [-0.15, -0.1) is 0 Å². The summed E-state index contributed by atoms with van der Waals surface area (Å²) in [6, 6.07) is 8.98. The van der Waals surface area contributed by atoms with Crippen LogP contribution in [0.2, 0.25) is 0 Å². The normalized spacial score (nSPS) is 25.2. The molecule has 0 aromatic heterocycles. The molecule has 1 fully saturated rings. The topological polar surface area (TPSA) is 55.8 Å². The SMILES string of the molecule is CCOC(=O)[C@@H]1[C@H]2CC=C(C)[C@H]2CN1C(=O)OCc1ccccc1. The average molecular weight is 329 g/mol. The maximum Gasteiger partial charge on any atom is 0.410 e. The molecule has 0 spiro atoms. The molecule has 24 heavy (non-hydrogen) atoms. The number of fused-ring (bicyclic) bond motifs is 1. The minimum Gasteiger partial charge on any atom is -0.464 e. The van der Waals surface area contributed by atoms with Gasteiger partial charge in [0.15, 0.2) is 0 Å². The monoisotopic (exact) mass is 329 g/mol. The summed E-state index contributed by atoms with van der Waals surface area (Å²) < 4.78 is 10.6. The van der Waals surface area contributed by atoms with Crippen LogP contribution in [0.15, 0.2) is 42.0 Å². The standard InChI is InChI=1S/C19H23NO4/c1-3-23-18(21)17-15-10-9-13(2)16(15)11-20(17)19(22)24-12-14-7-5-4-6-8-14/h4-9,15-17H,3,10-12H2,1-2H3/t15-,16+,17-/m0/s1. The van der Waals surface area contributed by atoms with Crippen molar-refractivity contribution in [3.63, 3.8) is 0 Å². The van der Waals surface area contributed by atoms with Crippen LogP contribution < -0.4 is 0 Å². The van der Waals surface area contributed by atoms with E-state index in [9.17, 15) is 9.59 Å². The van der Waals surface area contributed by atoms with Gasteiger partial charge in [-0.1, -0.05) is 42.0 Å². The number of hydrogen-bond donors (Lipinski definition) is 0. The van der Waals surface area contributed by atoms with E-state index in [2.05, 4.69) is 13.0 Å². The molecule has 0 saturated carbocycles. The lowest BCUT2D eigenvalue weighted by Gasteiger charge is -2.25. The van der Waals surface area contributed by atoms with E-state index in [1.165, 1.54) is 5.57 Å². The second kappa shape index (κ2) is 7.07. The van der Waals surface area contributed by atoms with Gasteiger partial charge in [0.2, 0.25) is 0 Å². The number of rotatable bonds is 4. The number of benzene rings is 1. The third-order valence-electron chi connectivity index (χ3n) is 4.92. The van der Waals surface area contributed by atoms with Crippen molar-refractivity contribution in [1.82, 2.24) is 4.90 Å². The summed E-state index contributed by atoms with van der Waals surface area (Å²) in [7, 11) is 0. The van der Waals surface area contributed by atoms with Crippen molar-refractivity contribution >= 4 is 12.1 Å². The van der Waals surface area contributed by atoms with Gasteiger partial charge in [0.25, 0.3) is 0 Å². The summed E-state index contributed by atoms with van der Waals surface area (Å²) in [6.45, 7) is 4.87. The number of nitrogens with zero attached hydrogens (tertiary/aromatic N) is 1. The molecule has 1 amide bonds. The van der Waals surface area contributed by atoms with E-state index in [0.29, 0.717) is 13.2 Å². The number of carbonyl (C=O) groups is 2. The fourth-order valence-electron chi connectivity index (χ4n) is 3.68. The van der Waals surface area contributed by atoms with E-state index >= 15 is 0 Å². The molecule has 5 nitrogen and oxygen atoms in total. The number of allylic oxidation sites excluding steroid dienone is 1. The maximum absolute atomic E-state index is 12.6. The molecule has 0 radical (unpaired) electrons. The van der Waals surface area contributed by atoms with Crippen molar-refractivity contribution < 1.29 is 19.1 Å². The average Bonchev–Trinajstić information content (AvgIpc) is 3.14. The van der Waals surface area contributed by atoms with Crippen LogP contribution in [-0.2, 0) is 20.9 Å². The molecule has 1 aliphatic heterocycles. The van der Waals surface area contributed by atoms with Crippen molar-refractivity contribution in [3.05, 3.63) is 47.5 Å². The van der Waals surface area contributed by atoms with E-state index < -0.39 is 12.1 Å². The summed E-state index contributed by atoms with van der Waals surface area (Å²) in [6.07, 6.45) is 2.52. The first-order valence-corrected chi connectivity index (χ1v) is 8.42. The molecular weight excluding hydrogens is 306 g/mol. The Morgan fingerprint density at radius 3 is 2.67 bits per heavy atom. The van der Waals surface area contributed by atoms with E-state index in [1.54, 1.807) is 11.8 Å². The predicted octanol–water partition coefficient (Wildman–Crippen LogP) is 3.15. The maximum atomic E-state index is 12.6. The van der Waals surface area contributed by atoms with Crippen LogP contribution >= 0.6 is 0 Å². The smallest absolute Gasteiger partial charge is 0.410 e. The Morgan fingerprint density at radius 1 is 1.21 bits per heavy atom. The Morgan fingerprint density at radius 2 is 1.96 bits per heavy atom. The highest BCUT2D eigenvalue weighted by atomic mass is 16.6. The zero-order chi connectivity index (χ0) is 17.1. The van der Waals surface area contributed by atoms with E-state index in [1.807, 2.05) is 30.3 Å². The van der Waals surface area contributed by atoms with Crippen molar-refractivity contribution in [2.45, 2.75) is 32.9 Å². The summed E-state index contributed by atoms with van der Waals surface area (Å²) in [5.74, 6) is 0.00164. The fraction of sp³-hybridized carbons (Fsp3) is 0.474. The number of carbonyl (C=O) groups excluding carboxylic acids is 2. The molecular formula is C19H23NO4. The molecule has 0 N–H and O–H groups in total. The molecule has 5 heteroatoms. The highest BCUT2D eigenvalue weighted by Gasteiger charge is 2.50. The van der Waals surface area contributed by atoms with Crippen LogP contribution in [-0.4, -0.2) is 36.2 Å². The first kappa shape index (κ1) is 16.6. The molecule has 1 aliphatic carbocycles. The van der Waals surface area contributed by atoms with Gasteiger partial charge in [-0.05, 0) is 25.8 Å². The van der Waals surface area contributed by atoms with Crippen molar-refractivity contribution in [1.29, 1.82) is 0 Å². The molecule has 128 valence electrons. The fourth-order valence-corrected chi connectivity index (χ4v) is 3.68. The zero-order valence-corrected chi connectivity index (χ0v) is 14.1. The Bertz CT molecular complexity index is 640. The summed E-state index contributed by atoms with van der Waals surface area (Å²) >= 11 is 0. The molecule has 0 bridgehead atoms. The largest absolute Gasteiger partial charge is 0.464 e. The summed E-state index contributed by atoms with van der Waals surface area (Å²) in [5.41, 5.74) is 2.17. The molecule has 1 heterocycles. The Labute approximate surface area is 142 Å². The third-order valence-corrected chi connectivity index (χ3v) is 4.92. The van der Waals surface area contributed by atoms with Crippen LogP contribution in [0.25, 0.3) is 0 Å². The highest BCUT2D eigenvalue weighted by Crippen LogP contribution is 2.42. The molecule has 1 aromatic rings. The molecule has 3 atom stereocenters. The van der Waals surface area contributed by atoms with Gasteiger partial charge >= 0.3 is 12.1 Å². The van der Waals surface area contributed by atoms with Crippen molar-refractivity contribution in [2.24, 2.45) is 11.8 Å². The first-order valence-electron chi connectivity index (χ1n) is 8.42. The van der Waals surface area contributed by atoms with Gasteiger partial charge in [-0.25, -0.2) is 9.59 Å². The minimum absolute atomic E-state index is 0.105. The first-order chi connectivity index (χ1) is 11.6. The zero-order valence-electron chi connectivity index (χ0n) is 14.1. The third kappa shape index (κ3) is 3.16. The van der Waals surface area contributed by atoms with Gasteiger partial charge in [0, 0.05) is 18.4 Å². The Balaban J connectivity index is 1.70. The highest BCUT2D eigenvalue weighted by molar-refractivity contribution is 5.83. The Kier molecular flexibility index (Phi) is 4.88. The molecule has 1 saturated heterocycles. The van der Waals surface area contributed by atoms with E-state index in [-0.39, 0.29) is 24.4 Å². The molecule has 3 rings (SSSR count). The van der Waals surface area contributed by atoms with Gasteiger partial charge < -0.3 is 9.47 Å². The number of likely N-dealkylation sites (tertiary alicyclic amines) is 1. The summed E-state index contributed by atoms with van der Waals surface area (Å²) in [4.78, 5) is 26.5. The van der Waals surface area contributed by atoms with E-state index in [0.717, 1.165) is 12.0 Å². The number of amides is 1.